The van der Waals surface area contributed by atoms with Gasteiger partial charge in [-0.3, -0.25) is 14.9 Å². The molecule has 0 bridgehead atoms. The van der Waals surface area contributed by atoms with Gasteiger partial charge in [0.05, 0.1) is 11.5 Å². The zero-order valence-electron chi connectivity index (χ0n) is 11.2. The number of carbonyl (C=O) groups excluding carboxylic acids is 2. The molecule has 1 rings (SSSR count). The maximum absolute atomic E-state index is 11.5. The summed E-state index contributed by atoms with van der Waals surface area (Å²) in [6.07, 6.45) is 1.60. The quantitative estimate of drug-likeness (QED) is 0.675. The molecule has 7 nitrogen and oxygen atoms in total. The Hall–Kier alpha value is -1.63. The molecule has 0 spiro atoms. The van der Waals surface area contributed by atoms with E-state index < -0.39 is 23.3 Å². The van der Waals surface area contributed by atoms with Gasteiger partial charge < -0.3 is 15.2 Å². The van der Waals surface area contributed by atoms with Gasteiger partial charge in [-0.15, -0.1) is 0 Å². The fourth-order valence-corrected chi connectivity index (χ4v) is 1.70. The maximum Gasteiger partial charge on any atom is 0.321 e. The van der Waals surface area contributed by atoms with Crippen LogP contribution in [-0.2, 0) is 14.3 Å². The van der Waals surface area contributed by atoms with Gasteiger partial charge in [-0.2, -0.15) is 0 Å². The van der Waals surface area contributed by atoms with E-state index in [1.807, 2.05) is 0 Å². The molecule has 3 amide bonds. The second-order valence-corrected chi connectivity index (χ2v) is 5.26. The number of urea groups is 1. The summed E-state index contributed by atoms with van der Waals surface area (Å²) < 4.78 is 5.32. The number of amides is 3. The van der Waals surface area contributed by atoms with E-state index in [0.717, 1.165) is 12.8 Å². The summed E-state index contributed by atoms with van der Waals surface area (Å²) in [7, 11) is 0. The van der Waals surface area contributed by atoms with Gasteiger partial charge in [0, 0.05) is 19.6 Å². The van der Waals surface area contributed by atoms with Crippen LogP contribution in [0.2, 0.25) is 0 Å². The monoisotopic (exact) mass is 272 g/mol. The molecule has 0 aliphatic carbocycles. The number of ether oxygens (including phenoxy) is 1. The van der Waals surface area contributed by atoms with Crippen molar-refractivity contribution in [3.63, 3.8) is 0 Å². The first-order chi connectivity index (χ1) is 8.81. The van der Waals surface area contributed by atoms with Crippen molar-refractivity contribution in [1.29, 1.82) is 0 Å². The Morgan fingerprint density at radius 3 is 2.58 bits per heavy atom. The van der Waals surface area contributed by atoms with Crippen LogP contribution >= 0.6 is 0 Å². The van der Waals surface area contributed by atoms with Crippen LogP contribution in [0.25, 0.3) is 0 Å². The lowest BCUT2D eigenvalue weighted by atomic mass is 9.89. The highest BCUT2D eigenvalue weighted by Crippen LogP contribution is 2.19. The molecule has 1 saturated heterocycles. The number of hydrogen-bond donors (Lipinski definition) is 3. The predicted octanol–water partition coefficient (Wildman–Crippen LogP) is 0.492. The summed E-state index contributed by atoms with van der Waals surface area (Å²) in [5, 5.41) is 13.5. The van der Waals surface area contributed by atoms with Gasteiger partial charge >= 0.3 is 12.0 Å². The Bertz CT molecular complexity index is 361. The van der Waals surface area contributed by atoms with E-state index >= 15 is 0 Å². The normalized spacial score (nSPS) is 18.9. The molecule has 3 N–H and O–H groups in total. The summed E-state index contributed by atoms with van der Waals surface area (Å²) in [6.45, 7) is 3.90. The van der Waals surface area contributed by atoms with E-state index in [2.05, 4.69) is 10.6 Å². The summed E-state index contributed by atoms with van der Waals surface area (Å²) in [5.74, 6) is -1.69. The van der Waals surface area contributed by atoms with Gasteiger partial charge in [0.15, 0.2) is 0 Å². The molecule has 1 heterocycles. The van der Waals surface area contributed by atoms with Gasteiger partial charge in [-0.25, -0.2) is 4.79 Å². The highest BCUT2D eigenvalue weighted by molar-refractivity contribution is 5.96. The van der Waals surface area contributed by atoms with Crippen LogP contribution in [0.15, 0.2) is 0 Å². The van der Waals surface area contributed by atoms with Crippen LogP contribution in [0.3, 0.4) is 0 Å². The first kappa shape index (κ1) is 15.4. The Morgan fingerprint density at radius 2 is 2.05 bits per heavy atom. The number of carboxylic acid groups (broad SMARTS) is 1. The van der Waals surface area contributed by atoms with Crippen LogP contribution in [-0.4, -0.2) is 42.3 Å². The van der Waals surface area contributed by atoms with E-state index in [4.69, 9.17) is 9.84 Å². The standard InChI is InChI=1S/C12H20N2O5/c1-12(2,10(16)17)6-9(15)14-11(18)13-7-8-4-3-5-19-8/h8H,3-7H2,1-2H3,(H,16,17)(H2,13,14,15,18). The minimum absolute atomic E-state index is 0.00341. The third-order valence-corrected chi connectivity index (χ3v) is 2.95. The molecule has 1 atom stereocenters. The van der Waals surface area contributed by atoms with Crippen LogP contribution in [0.5, 0.6) is 0 Å². The molecule has 0 aromatic rings. The van der Waals surface area contributed by atoms with Gasteiger partial charge in [-0.05, 0) is 26.7 Å². The third kappa shape index (κ3) is 5.25. The number of rotatable bonds is 5. The zero-order valence-corrected chi connectivity index (χ0v) is 11.2. The third-order valence-electron chi connectivity index (χ3n) is 2.95. The lowest BCUT2D eigenvalue weighted by molar-refractivity contribution is -0.149. The largest absolute Gasteiger partial charge is 0.481 e. The molecule has 0 radical (unpaired) electrons. The number of imide groups is 1. The number of hydrogen-bond acceptors (Lipinski definition) is 4. The number of aliphatic carboxylic acids is 1. The number of nitrogens with one attached hydrogen (secondary N) is 2. The first-order valence-electron chi connectivity index (χ1n) is 6.24. The second kappa shape index (κ2) is 6.51. The smallest absolute Gasteiger partial charge is 0.321 e. The van der Waals surface area contributed by atoms with E-state index in [9.17, 15) is 14.4 Å². The Kier molecular flexibility index (Phi) is 5.29. The van der Waals surface area contributed by atoms with Crippen molar-refractivity contribution in [1.82, 2.24) is 10.6 Å². The average molecular weight is 272 g/mol. The summed E-state index contributed by atoms with van der Waals surface area (Å²) in [6, 6.07) is -0.623. The first-order valence-corrected chi connectivity index (χ1v) is 6.24. The molecule has 0 saturated carbocycles. The second-order valence-electron chi connectivity index (χ2n) is 5.26. The summed E-state index contributed by atoms with van der Waals surface area (Å²) in [5.41, 5.74) is -1.20. The Labute approximate surface area is 111 Å². The molecule has 0 aromatic heterocycles. The van der Waals surface area contributed by atoms with E-state index in [1.54, 1.807) is 0 Å². The predicted molar refractivity (Wildman–Crippen MR) is 66.5 cm³/mol. The maximum atomic E-state index is 11.5. The van der Waals surface area contributed by atoms with Crippen LogP contribution in [0.1, 0.15) is 33.1 Å². The van der Waals surface area contributed by atoms with E-state index in [1.165, 1.54) is 13.8 Å². The summed E-state index contributed by atoms with van der Waals surface area (Å²) >= 11 is 0. The molecule has 0 aromatic carbocycles. The van der Waals surface area contributed by atoms with Crippen molar-refractivity contribution in [2.45, 2.75) is 39.2 Å². The lowest BCUT2D eigenvalue weighted by Crippen LogP contribution is -2.44. The lowest BCUT2D eigenvalue weighted by Gasteiger charge is -2.18. The molecule has 108 valence electrons. The molecule has 1 fully saturated rings. The Morgan fingerprint density at radius 1 is 1.37 bits per heavy atom. The van der Waals surface area contributed by atoms with Crippen molar-refractivity contribution >= 4 is 17.9 Å². The minimum atomic E-state index is -1.20. The van der Waals surface area contributed by atoms with Crippen LogP contribution in [0.4, 0.5) is 4.79 Å². The fraction of sp³-hybridized carbons (Fsp3) is 0.750. The minimum Gasteiger partial charge on any atom is -0.481 e. The molecule has 19 heavy (non-hydrogen) atoms. The van der Waals surface area contributed by atoms with Gasteiger partial charge in [0.2, 0.25) is 5.91 Å². The van der Waals surface area contributed by atoms with Crippen molar-refractivity contribution < 1.29 is 24.2 Å². The average Bonchev–Trinajstić information content (AvgIpc) is 2.77. The van der Waals surface area contributed by atoms with Crippen molar-refractivity contribution in [3.8, 4) is 0 Å². The molecular formula is C12H20N2O5. The van der Waals surface area contributed by atoms with Crippen LogP contribution in [0, 0.1) is 5.41 Å². The molecule has 1 unspecified atom stereocenters. The zero-order chi connectivity index (χ0) is 14.5. The number of carbonyl (C=O) groups is 3. The van der Waals surface area contributed by atoms with Gasteiger partial charge in [0.1, 0.15) is 0 Å². The number of carboxylic acids is 1. The SMILES string of the molecule is CC(C)(CC(=O)NC(=O)NCC1CCCO1)C(=O)O. The van der Waals surface area contributed by atoms with Gasteiger partial charge in [0.25, 0.3) is 0 Å². The van der Waals surface area contributed by atoms with Crippen LogP contribution < -0.4 is 10.6 Å². The van der Waals surface area contributed by atoms with Crippen molar-refractivity contribution in [2.75, 3.05) is 13.2 Å². The topological polar surface area (TPSA) is 105 Å². The summed E-state index contributed by atoms with van der Waals surface area (Å²) in [4.78, 5) is 33.8. The van der Waals surface area contributed by atoms with Gasteiger partial charge in [-0.1, -0.05) is 0 Å². The van der Waals surface area contributed by atoms with E-state index in [-0.39, 0.29) is 12.5 Å². The van der Waals surface area contributed by atoms with Crippen molar-refractivity contribution in [2.24, 2.45) is 5.41 Å². The molecule has 1 aliphatic rings. The highest BCUT2D eigenvalue weighted by atomic mass is 16.5. The highest BCUT2D eigenvalue weighted by Gasteiger charge is 2.30. The Balaban J connectivity index is 2.27. The molecule has 7 heteroatoms. The molecule has 1 aliphatic heterocycles. The van der Waals surface area contributed by atoms with E-state index in [0.29, 0.717) is 13.2 Å². The fourth-order valence-electron chi connectivity index (χ4n) is 1.70. The van der Waals surface area contributed by atoms with Crippen molar-refractivity contribution in [3.05, 3.63) is 0 Å². The molecular weight excluding hydrogens is 252 g/mol.